The number of hydrogen-bond acceptors (Lipinski definition) is 6. The van der Waals surface area contributed by atoms with E-state index in [-0.39, 0.29) is 23.1 Å². The number of hydrogen-bond donors (Lipinski definition) is 1. The van der Waals surface area contributed by atoms with Crippen LogP contribution in [-0.2, 0) is 11.3 Å². The molecule has 0 radical (unpaired) electrons. The van der Waals surface area contributed by atoms with Gasteiger partial charge in [-0.3, -0.25) is 9.36 Å². The number of imidazole rings is 1. The van der Waals surface area contributed by atoms with Crippen LogP contribution >= 0.6 is 11.6 Å². The highest BCUT2D eigenvalue weighted by molar-refractivity contribution is 6.42. The Balaban J connectivity index is 1.72. The minimum absolute atomic E-state index is 0.106. The molecule has 1 N–H and O–H groups in total. The van der Waals surface area contributed by atoms with Crippen molar-refractivity contribution in [3.63, 3.8) is 0 Å². The van der Waals surface area contributed by atoms with Crippen molar-refractivity contribution in [2.45, 2.75) is 19.7 Å². The van der Waals surface area contributed by atoms with Gasteiger partial charge in [0, 0.05) is 17.8 Å². The Kier molecular flexibility index (Phi) is 5.52. The molecule has 1 unspecified atom stereocenters. The summed E-state index contributed by atoms with van der Waals surface area (Å²) in [5.41, 5.74) is 0.167. The van der Waals surface area contributed by atoms with Gasteiger partial charge in [-0.05, 0) is 19.1 Å². The summed E-state index contributed by atoms with van der Waals surface area (Å²) in [7, 11) is 0. The van der Waals surface area contributed by atoms with Crippen molar-refractivity contribution in [1.82, 2.24) is 9.55 Å². The third-order valence-electron chi connectivity index (χ3n) is 3.80. The Hall–Kier alpha value is -2.78. The molecule has 0 fully saturated rings. The average Bonchev–Trinajstić information content (AvgIpc) is 3.12. The predicted molar refractivity (Wildman–Crippen MR) is 94.4 cm³/mol. The first-order valence-corrected chi connectivity index (χ1v) is 8.25. The lowest BCUT2D eigenvalue weighted by molar-refractivity contribution is 0.0818. The molecule has 0 saturated heterocycles. The van der Waals surface area contributed by atoms with Gasteiger partial charge in [-0.25, -0.2) is 18.8 Å². The number of aliphatic hydroxyl groups excluding tert-OH is 1. The van der Waals surface area contributed by atoms with E-state index in [2.05, 4.69) is 9.98 Å². The van der Waals surface area contributed by atoms with Crippen LogP contribution in [0.2, 0.25) is 0 Å². The fourth-order valence-corrected chi connectivity index (χ4v) is 2.60. The van der Waals surface area contributed by atoms with Gasteiger partial charge in [-0.2, -0.15) is 0 Å². The van der Waals surface area contributed by atoms with Crippen LogP contribution in [0.1, 0.15) is 17.3 Å². The van der Waals surface area contributed by atoms with E-state index in [1.807, 2.05) is 0 Å². The van der Waals surface area contributed by atoms with Crippen molar-refractivity contribution < 1.29 is 23.4 Å². The molecule has 2 aromatic rings. The van der Waals surface area contributed by atoms with Crippen LogP contribution < -0.4 is 4.90 Å². The molecule has 2 heterocycles. The monoisotopic (exact) mass is 396 g/mol. The molecule has 1 aliphatic heterocycles. The summed E-state index contributed by atoms with van der Waals surface area (Å²) in [6.45, 7) is 0.938. The van der Waals surface area contributed by atoms with Crippen LogP contribution in [0, 0.1) is 11.6 Å². The van der Waals surface area contributed by atoms with Gasteiger partial charge in [0.25, 0.3) is 5.91 Å². The van der Waals surface area contributed by atoms with Crippen LogP contribution in [0.25, 0.3) is 0 Å². The van der Waals surface area contributed by atoms with Crippen LogP contribution in [0.5, 0.6) is 0 Å². The number of anilines is 1. The first kappa shape index (κ1) is 19.0. The molecule has 0 bridgehead atoms. The average molecular weight is 397 g/mol. The summed E-state index contributed by atoms with van der Waals surface area (Å²) < 4.78 is 33.3. The molecule has 7 nitrogen and oxygen atoms in total. The van der Waals surface area contributed by atoms with Gasteiger partial charge >= 0.3 is 0 Å². The minimum Gasteiger partial charge on any atom is -0.472 e. The zero-order valence-corrected chi connectivity index (χ0v) is 14.9. The predicted octanol–water partition coefficient (Wildman–Crippen LogP) is 2.66. The lowest BCUT2D eigenvalue weighted by Gasteiger charge is -2.27. The molecule has 27 heavy (non-hydrogen) atoms. The second-order valence-electron chi connectivity index (χ2n) is 5.67. The van der Waals surface area contributed by atoms with E-state index in [9.17, 15) is 13.6 Å². The fourth-order valence-electron chi connectivity index (χ4n) is 2.39. The third kappa shape index (κ3) is 4.15. The number of carbonyl (C=O) groups is 1. The maximum atomic E-state index is 13.7. The summed E-state index contributed by atoms with van der Waals surface area (Å²) in [6.07, 6.45) is 3.76. The van der Waals surface area contributed by atoms with Crippen LogP contribution in [-0.4, -0.2) is 39.2 Å². The van der Waals surface area contributed by atoms with E-state index in [0.717, 1.165) is 16.7 Å². The van der Waals surface area contributed by atoms with Gasteiger partial charge in [-0.15, -0.1) is 0 Å². The Morgan fingerprint density at radius 3 is 2.89 bits per heavy atom. The quantitative estimate of drug-likeness (QED) is 0.859. The topological polar surface area (TPSA) is 80.0 Å². The van der Waals surface area contributed by atoms with Gasteiger partial charge in [0.1, 0.15) is 42.4 Å². The van der Waals surface area contributed by atoms with E-state index in [0.29, 0.717) is 5.82 Å². The smallest absolute Gasteiger partial charge is 0.257 e. The first-order chi connectivity index (χ1) is 12.9. The van der Waals surface area contributed by atoms with E-state index in [1.54, 1.807) is 11.8 Å². The zero-order valence-electron chi connectivity index (χ0n) is 14.1. The molecule has 0 aliphatic carbocycles. The Bertz CT molecular complexity index is 929. The molecule has 142 valence electrons. The van der Waals surface area contributed by atoms with E-state index in [4.69, 9.17) is 21.4 Å². The van der Waals surface area contributed by atoms with Crippen molar-refractivity contribution in [2.24, 2.45) is 4.99 Å². The first-order valence-electron chi connectivity index (χ1n) is 7.87. The maximum Gasteiger partial charge on any atom is 0.257 e. The molecule has 1 aromatic heterocycles. The van der Waals surface area contributed by atoms with Crippen LogP contribution in [0.15, 0.2) is 46.9 Å². The maximum absolute atomic E-state index is 13.7. The zero-order chi connectivity index (χ0) is 19.6. The van der Waals surface area contributed by atoms with Crippen molar-refractivity contribution in [3.8, 4) is 0 Å². The van der Waals surface area contributed by atoms with Gasteiger partial charge in [-0.1, -0.05) is 11.6 Å². The van der Waals surface area contributed by atoms with Crippen LogP contribution in [0.3, 0.4) is 0 Å². The Morgan fingerprint density at radius 1 is 1.41 bits per heavy atom. The molecule has 0 spiro atoms. The number of carbonyl (C=O) groups excluding carboxylic acids is 1. The molecular formula is C17H15ClF2N4O3. The lowest BCUT2D eigenvalue weighted by atomic mass is 10.2. The number of aliphatic hydroxyl groups is 1. The van der Waals surface area contributed by atoms with Crippen molar-refractivity contribution in [2.75, 3.05) is 11.5 Å². The number of aromatic nitrogens is 2. The second-order valence-corrected chi connectivity index (χ2v) is 6.07. The standard InChI is InChI=1S/C17H15ClF2N4O3/c1-10-22-17(27-8-11-2-3-12(19)4-14(11)20)13(18)5-24(10)15-6-23(9-21-15)16(26)7-25/h2-6,9-10,25H,7-8H2,1H3. The van der Waals surface area contributed by atoms with Gasteiger partial charge in [0.2, 0.25) is 5.90 Å². The van der Waals surface area contributed by atoms with E-state index >= 15 is 0 Å². The molecule has 10 heteroatoms. The lowest BCUT2D eigenvalue weighted by Crippen LogP contribution is -2.32. The molecule has 1 atom stereocenters. The van der Waals surface area contributed by atoms with Gasteiger partial charge in [0.15, 0.2) is 5.82 Å². The van der Waals surface area contributed by atoms with Crippen molar-refractivity contribution >= 4 is 29.2 Å². The number of rotatable bonds is 4. The summed E-state index contributed by atoms with van der Waals surface area (Å²) in [4.78, 5) is 21.5. The third-order valence-corrected chi connectivity index (χ3v) is 4.06. The number of ether oxygens (including phenoxy) is 1. The molecule has 0 saturated carbocycles. The van der Waals surface area contributed by atoms with Crippen LogP contribution in [0.4, 0.5) is 14.6 Å². The molecule has 0 amide bonds. The van der Waals surface area contributed by atoms with Gasteiger partial charge in [0.05, 0.1) is 6.20 Å². The van der Waals surface area contributed by atoms with Crippen molar-refractivity contribution in [3.05, 3.63) is 59.2 Å². The molecular weight excluding hydrogens is 382 g/mol. The molecule has 1 aliphatic rings. The number of nitrogens with zero attached hydrogens (tertiary/aromatic N) is 4. The largest absolute Gasteiger partial charge is 0.472 e. The van der Waals surface area contributed by atoms with E-state index < -0.39 is 30.3 Å². The molecule has 1 aromatic carbocycles. The summed E-state index contributed by atoms with van der Waals surface area (Å²) >= 11 is 6.19. The second kappa shape index (κ2) is 7.85. The Morgan fingerprint density at radius 2 is 2.19 bits per heavy atom. The van der Waals surface area contributed by atoms with Gasteiger partial charge < -0.3 is 14.7 Å². The highest BCUT2D eigenvalue weighted by Crippen LogP contribution is 2.24. The summed E-state index contributed by atoms with van der Waals surface area (Å²) in [5.74, 6) is -1.42. The number of aliphatic imine (C=N–C) groups is 1. The number of benzene rings is 1. The SMILES string of the molecule is CC1N=C(OCc2ccc(F)cc2F)C(Cl)=CN1c1cn(C(=O)CO)cn1. The number of halogens is 3. The van der Waals surface area contributed by atoms with E-state index in [1.165, 1.54) is 24.8 Å². The minimum atomic E-state index is -0.722. The highest BCUT2D eigenvalue weighted by Gasteiger charge is 2.24. The normalized spacial score (nSPS) is 16.8. The fraction of sp³-hybridized carbons (Fsp3) is 0.235. The summed E-state index contributed by atoms with van der Waals surface area (Å²) in [6, 6.07) is 3.19. The Labute approximate surface area is 158 Å². The molecule has 3 rings (SSSR count). The highest BCUT2D eigenvalue weighted by atomic mass is 35.5. The van der Waals surface area contributed by atoms with Crippen molar-refractivity contribution in [1.29, 1.82) is 0 Å². The summed E-state index contributed by atoms with van der Waals surface area (Å²) in [5, 5.41) is 9.05.